The van der Waals surface area contributed by atoms with E-state index in [0.717, 1.165) is 55.7 Å². The molecule has 4 heterocycles. The highest BCUT2D eigenvalue weighted by Crippen LogP contribution is 2.31. The highest BCUT2D eigenvalue weighted by atomic mass is 16.5. The van der Waals surface area contributed by atoms with E-state index in [2.05, 4.69) is 28.2 Å². The van der Waals surface area contributed by atoms with E-state index in [9.17, 15) is 4.79 Å². The number of aromatic nitrogens is 4. The molecule has 0 bridgehead atoms. The molecule has 0 unspecified atom stereocenters. The Morgan fingerprint density at radius 1 is 1.06 bits per heavy atom. The number of amides is 1. The SMILES string of the molecule is C/C=C(\C=N)c1nc(N2CCOCC2)c2nc(N3CCN(C(C)=O)CC3)n(CC(C)C)c2n1. The van der Waals surface area contributed by atoms with E-state index in [0.29, 0.717) is 43.6 Å². The van der Waals surface area contributed by atoms with Crippen LogP contribution in [0, 0.1) is 11.3 Å². The minimum atomic E-state index is 0.112. The Labute approximate surface area is 194 Å². The third-order valence-electron chi connectivity index (χ3n) is 6.15. The fraction of sp³-hybridized carbons (Fsp3) is 0.609. The maximum Gasteiger partial charge on any atom is 0.219 e. The van der Waals surface area contributed by atoms with Crippen LogP contribution in [-0.2, 0) is 16.1 Å². The van der Waals surface area contributed by atoms with E-state index in [1.165, 1.54) is 6.21 Å². The van der Waals surface area contributed by atoms with Crippen molar-refractivity contribution in [1.82, 2.24) is 24.4 Å². The van der Waals surface area contributed by atoms with Gasteiger partial charge in [0.2, 0.25) is 11.9 Å². The number of hydrogen-bond donors (Lipinski definition) is 1. The van der Waals surface area contributed by atoms with Gasteiger partial charge < -0.3 is 24.8 Å². The van der Waals surface area contributed by atoms with Gasteiger partial charge >= 0.3 is 0 Å². The van der Waals surface area contributed by atoms with Crippen molar-refractivity contribution in [3.63, 3.8) is 0 Å². The Kier molecular flexibility index (Phi) is 6.92. The summed E-state index contributed by atoms with van der Waals surface area (Å²) in [4.78, 5) is 33.0. The zero-order valence-corrected chi connectivity index (χ0v) is 20.0. The monoisotopic (exact) mass is 454 g/mol. The Hall–Kier alpha value is -3.01. The van der Waals surface area contributed by atoms with Crippen LogP contribution in [0.4, 0.5) is 11.8 Å². The molecular weight excluding hydrogens is 420 g/mol. The number of morpholine rings is 1. The lowest BCUT2D eigenvalue weighted by Gasteiger charge is -2.35. The van der Waals surface area contributed by atoms with Crippen LogP contribution < -0.4 is 9.80 Å². The third-order valence-corrected chi connectivity index (χ3v) is 6.15. The molecular formula is C23H34N8O2. The number of fused-ring (bicyclic) bond motifs is 1. The molecule has 0 aromatic carbocycles. The average Bonchev–Trinajstić information content (AvgIpc) is 3.17. The molecule has 4 rings (SSSR count). The molecule has 1 amide bonds. The fourth-order valence-corrected chi connectivity index (χ4v) is 4.37. The zero-order chi connectivity index (χ0) is 23.5. The van der Waals surface area contributed by atoms with E-state index in [1.807, 2.05) is 17.9 Å². The summed E-state index contributed by atoms with van der Waals surface area (Å²) in [6.45, 7) is 14.3. The van der Waals surface area contributed by atoms with Crippen LogP contribution in [0.5, 0.6) is 0 Å². The first kappa shape index (κ1) is 23.2. The van der Waals surface area contributed by atoms with E-state index in [-0.39, 0.29) is 5.91 Å². The Bertz CT molecular complexity index is 1050. The molecule has 0 saturated carbocycles. The molecule has 178 valence electrons. The number of rotatable bonds is 6. The lowest BCUT2D eigenvalue weighted by Crippen LogP contribution is -2.48. The first-order valence-corrected chi connectivity index (χ1v) is 11.7. The molecule has 2 aromatic heterocycles. The van der Waals surface area contributed by atoms with Crippen LogP contribution in [0.3, 0.4) is 0 Å². The number of carbonyl (C=O) groups excluding carboxylic acids is 1. The van der Waals surface area contributed by atoms with Crippen LogP contribution in [0.1, 0.15) is 33.5 Å². The summed E-state index contributed by atoms with van der Waals surface area (Å²) >= 11 is 0. The van der Waals surface area contributed by atoms with Gasteiger partial charge in [-0.3, -0.25) is 9.36 Å². The van der Waals surface area contributed by atoms with Crippen LogP contribution in [-0.4, -0.2) is 89.0 Å². The number of anilines is 2. The number of carbonyl (C=O) groups is 1. The van der Waals surface area contributed by atoms with Crippen molar-refractivity contribution >= 4 is 40.6 Å². The van der Waals surface area contributed by atoms with Gasteiger partial charge in [0.05, 0.1) is 13.2 Å². The van der Waals surface area contributed by atoms with Crippen LogP contribution in [0.2, 0.25) is 0 Å². The second-order valence-corrected chi connectivity index (χ2v) is 8.94. The van der Waals surface area contributed by atoms with Gasteiger partial charge in [0.1, 0.15) is 0 Å². The van der Waals surface area contributed by atoms with Crippen LogP contribution >= 0.6 is 0 Å². The van der Waals surface area contributed by atoms with Crippen molar-refractivity contribution in [3.8, 4) is 0 Å². The second kappa shape index (κ2) is 9.86. The number of imidazole rings is 1. The summed E-state index contributed by atoms with van der Waals surface area (Å²) in [5, 5.41) is 7.84. The molecule has 0 spiro atoms. The lowest BCUT2D eigenvalue weighted by molar-refractivity contribution is -0.129. The largest absolute Gasteiger partial charge is 0.378 e. The number of hydrogen-bond acceptors (Lipinski definition) is 8. The Balaban J connectivity index is 1.86. The smallest absolute Gasteiger partial charge is 0.219 e. The second-order valence-electron chi connectivity index (χ2n) is 8.94. The van der Waals surface area contributed by atoms with Gasteiger partial charge in [-0.15, -0.1) is 0 Å². The maximum absolute atomic E-state index is 11.8. The van der Waals surface area contributed by atoms with E-state index < -0.39 is 0 Å². The first-order valence-electron chi connectivity index (χ1n) is 11.7. The molecule has 10 heteroatoms. The standard InChI is InChI=1S/C23H34N8O2/c1-5-18(14-24)20-26-21(29-10-12-33-13-11-29)19-22(27-20)31(15-16(2)3)23(25-19)30-8-6-28(7-9-30)17(4)32/h5,14,16,24H,6-13,15H2,1-4H3/b18-5+,24-14?. The maximum atomic E-state index is 11.8. The number of allylic oxidation sites excluding steroid dienone is 2. The van der Waals surface area contributed by atoms with Gasteiger partial charge in [-0.2, -0.15) is 0 Å². The molecule has 2 aliphatic heterocycles. The molecule has 2 aliphatic rings. The molecule has 2 fully saturated rings. The molecule has 33 heavy (non-hydrogen) atoms. The quantitative estimate of drug-likeness (QED) is 0.666. The topological polar surface area (TPSA) is 103 Å². The van der Waals surface area contributed by atoms with Gasteiger partial charge in [0.15, 0.2) is 22.8 Å². The minimum absolute atomic E-state index is 0.112. The number of nitrogens with one attached hydrogen (secondary N) is 1. The zero-order valence-electron chi connectivity index (χ0n) is 20.0. The summed E-state index contributed by atoms with van der Waals surface area (Å²) in [5.41, 5.74) is 2.26. The third kappa shape index (κ3) is 4.71. The molecule has 1 N–H and O–H groups in total. The first-order chi connectivity index (χ1) is 15.9. The number of piperazine rings is 1. The van der Waals surface area contributed by atoms with Crippen molar-refractivity contribution in [2.75, 3.05) is 62.3 Å². The number of nitrogens with zero attached hydrogens (tertiary/aromatic N) is 7. The Morgan fingerprint density at radius 2 is 1.76 bits per heavy atom. The summed E-state index contributed by atoms with van der Waals surface area (Å²) < 4.78 is 7.75. The van der Waals surface area contributed by atoms with Gasteiger partial charge in [0.25, 0.3) is 0 Å². The predicted octanol–water partition coefficient (Wildman–Crippen LogP) is 2.04. The van der Waals surface area contributed by atoms with Gasteiger partial charge in [-0.1, -0.05) is 19.9 Å². The van der Waals surface area contributed by atoms with Crippen molar-refractivity contribution < 1.29 is 9.53 Å². The summed E-state index contributed by atoms with van der Waals surface area (Å²) in [7, 11) is 0. The van der Waals surface area contributed by atoms with Gasteiger partial charge in [-0.25, -0.2) is 15.0 Å². The van der Waals surface area contributed by atoms with Crippen LogP contribution in [0.25, 0.3) is 16.7 Å². The highest BCUT2D eigenvalue weighted by Gasteiger charge is 2.28. The molecule has 0 aliphatic carbocycles. The minimum Gasteiger partial charge on any atom is -0.378 e. The van der Waals surface area contributed by atoms with Crippen molar-refractivity contribution in [2.24, 2.45) is 5.92 Å². The summed E-state index contributed by atoms with van der Waals surface area (Å²) in [6, 6.07) is 0. The Morgan fingerprint density at radius 3 is 2.33 bits per heavy atom. The van der Waals surface area contributed by atoms with Gasteiger partial charge in [0, 0.05) is 64.5 Å². The predicted molar refractivity (Wildman–Crippen MR) is 130 cm³/mol. The fourth-order valence-electron chi connectivity index (χ4n) is 4.37. The normalized spacial score (nSPS) is 17.8. The highest BCUT2D eigenvalue weighted by molar-refractivity contribution is 6.07. The van der Waals surface area contributed by atoms with Crippen molar-refractivity contribution in [3.05, 3.63) is 11.9 Å². The van der Waals surface area contributed by atoms with Crippen LogP contribution in [0.15, 0.2) is 6.08 Å². The average molecular weight is 455 g/mol. The van der Waals surface area contributed by atoms with Crippen molar-refractivity contribution in [1.29, 1.82) is 5.41 Å². The van der Waals surface area contributed by atoms with E-state index in [1.54, 1.807) is 6.92 Å². The molecule has 2 aromatic rings. The molecule has 0 atom stereocenters. The van der Waals surface area contributed by atoms with Crippen molar-refractivity contribution in [2.45, 2.75) is 34.2 Å². The van der Waals surface area contributed by atoms with Gasteiger partial charge in [-0.05, 0) is 12.8 Å². The summed E-state index contributed by atoms with van der Waals surface area (Å²) in [6.07, 6.45) is 3.16. The number of ether oxygens (including phenoxy) is 1. The molecule has 2 saturated heterocycles. The van der Waals surface area contributed by atoms with E-state index in [4.69, 9.17) is 25.1 Å². The van der Waals surface area contributed by atoms with E-state index >= 15 is 0 Å². The molecule has 0 radical (unpaired) electrons. The molecule has 10 nitrogen and oxygen atoms in total. The summed E-state index contributed by atoms with van der Waals surface area (Å²) in [5.74, 6) is 2.72. The lowest BCUT2D eigenvalue weighted by atomic mass is 10.2.